The molecule has 4 aromatic rings. The fourth-order valence-electron chi connectivity index (χ4n) is 4.77. The molecule has 1 saturated heterocycles. The van der Waals surface area contributed by atoms with Crippen LogP contribution in [-0.4, -0.2) is 37.3 Å². The molecule has 2 N–H and O–H groups in total. The number of aromatic amines is 1. The van der Waals surface area contributed by atoms with Crippen molar-refractivity contribution in [2.24, 2.45) is 0 Å². The van der Waals surface area contributed by atoms with E-state index >= 15 is 0 Å². The molecule has 0 bridgehead atoms. The molecule has 0 aliphatic carbocycles. The van der Waals surface area contributed by atoms with Gasteiger partial charge in [-0.05, 0) is 73.5 Å². The van der Waals surface area contributed by atoms with Gasteiger partial charge in [0.15, 0.2) is 0 Å². The number of aromatic nitrogens is 1. The Labute approximate surface area is 206 Å². The van der Waals surface area contributed by atoms with Crippen molar-refractivity contribution in [3.63, 3.8) is 0 Å². The zero-order valence-electron chi connectivity index (χ0n) is 19.9. The number of benzene rings is 3. The predicted molar refractivity (Wildman–Crippen MR) is 139 cm³/mol. The maximum Gasteiger partial charge on any atom is 0.261 e. The lowest BCUT2D eigenvalue weighted by molar-refractivity contribution is 0.0711. The quantitative estimate of drug-likeness (QED) is 0.384. The van der Waals surface area contributed by atoms with Gasteiger partial charge in [0.2, 0.25) is 0 Å². The molecule has 0 spiro atoms. The number of fused-ring (bicyclic) bond motifs is 1. The highest BCUT2D eigenvalue weighted by atomic mass is 32.2. The molecule has 7 heteroatoms. The minimum Gasteiger partial charge on any atom is -0.358 e. The van der Waals surface area contributed by atoms with E-state index in [1.54, 1.807) is 24.3 Å². The van der Waals surface area contributed by atoms with Gasteiger partial charge in [-0.2, -0.15) is 0 Å². The van der Waals surface area contributed by atoms with Gasteiger partial charge in [0, 0.05) is 35.8 Å². The van der Waals surface area contributed by atoms with E-state index < -0.39 is 10.0 Å². The van der Waals surface area contributed by atoms with Crippen molar-refractivity contribution < 1.29 is 13.2 Å². The van der Waals surface area contributed by atoms with Crippen molar-refractivity contribution in [3.8, 4) is 0 Å². The smallest absolute Gasteiger partial charge is 0.261 e. The number of carbonyl (C=O) groups excluding carboxylic acids is 1. The summed E-state index contributed by atoms with van der Waals surface area (Å²) < 4.78 is 28.7. The molecule has 1 aliphatic rings. The highest BCUT2D eigenvalue weighted by molar-refractivity contribution is 7.92. The van der Waals surface area contributed by atoms with E-state index in [2.05, 4.69) is 27.9 Å². The van der Waals surface area contributed by atoms with Gasteiger partial charge < -0.3 is 9.88 Å². The Morgan fingerprint density at radius 2 is 1.63 bits per heavy atom. The lowest BCUT2D eigenvalue weighted by Gasteiger charge is -2.32. The number of aryl methyl sites for hydroxylation is 2. The van der Waals surface area contributed by atoms with Gasteiger partial charge >= 0.3 is 0 Å². The number of hydrogen-bond acceptors (Lipinski definition) is 3. The van der Waals surface area contributed by atoms with Gasteiger partial charge in [-0.3, -0.25) is 9.52 Å². The number of carbonyl (C=O) groups is 1. The Morgan fingerprint density at radius 3 is 2.37 bits per heavy atom. The summed E-state index contributed by atoms with van der Waals surface area (Å²) in [6.07, 6.45) is 1.73. The second-order valence-electron chi connectivity index (χ2n) is 9.28. The molecule has 5 rings (SSSR count). The highest BCUT2D eigenvalue weighted by Crippen LogP contribution is 2.31. The Morgan fingerprint density at radius 1 is 0.914 bits per heavy atom. The van der Waals surface area contributed by atoms with Crippen LogP contribution >= 0.6 is 0 Å². The van der Waals surface area contributed by atoms with E-state index in [9.17, 15) is 13.2 Å². The number of H-pyrrole nitrogens is 1. The number of piperidine rings is 1. The number of likely N-dealkylation sites (tertiary alicyclic amines) is 1. The summed E-state index contributed by atoms with van der Waals surface area (Å²) in [5.74, 6) is 0.253. The van der Waals surface area contributed by atoms with Crippen molar-refractivity contribution in [1.29, 1.82) is 0 Å². The number of hydrogen-bond donors (Lipinski definition) is 2. The van der Waals surface area contributed by atoms with Gasteiger partial charge in [0.1, 0.15) is 0 Å². The standard InChI is InChI=1S/C28H29N3O3S/c1-19-11-12-23(35(33,34)30-25-9-5-3-7-20(25)2)18-24(19)28(32)31-15-13-21(14-16-31)27-17-22-8-4-6-10-26(22)29-27/h3-12,17-18,21,29-30H,13-16H2,1-2H3. The van der Waals surface area contributed by atoms with E-state index in [-0.39, 0.29) is 10.8 Å². The summed E-state index contributed by atoms with van der Waals surface area (Å²) in [7, 11) is -3.82. The summed E-state index contributed by atoms with van der Waals surface area (Å²) in [6.45, 7) is 4.96. The largest absolute Gasteiger partial charge is 0.358 e. The van der Waals surface area contributed by atoms with E-state index in [0.29, 0.717) is 30.3 Å². The number of rotatable bonds is 5. The molecule has 1 fully saturated rings. The topological polar surface area (TPSA) is 82.3 Å². The van der Waals surface area contributed by atoms with E-state index in [1.807, 2.05) is 43.0 Å². The number of para-hydroxylation sites is 2. The fraction of sp³-hybridized carbons (Fsp3) is 0.250. The summed E-state index contributed by atoms with van der Waals surface area (Å²) in [6, 6.07) is 22.4. The van der Waals surface area contributed by atoms with Crippen LogP contribution in [0.15, 0.2) is 77.7 Å². The number of amides is 1. The lowest BCUT2D eigenvalue weighted by Crippen LogP contribution is -2.38. The molecular weight excluding hydrogens is 458 g/mol. The SMILES string of the molecule is Cc1ccccc1NS(=O)(=O)c1ccc(C)c(C(=O)N2CCC(c3cc4ccccc4[nH]3)CC2)c1. The Balaban J connectivity index is 1.31. The third-order valence-corrected chi connectivity index (χ3v) is 8.28. The van der Waals surface area contributed by atoms with Crippen molar-refractivity contribution in [1.82, 2.24) is 9.88 Å². The van der Waals surface area contributed by atoms with Gasteiger partial charge in [-0.15, -0.1) is 0 Å². The van der Waals surface area contributed by atoms with Crippen LogP contribution in [0.3, 0.4) is 0 Å². The first kappa shape index (κ1) is 23.2. The number of nitrogens with zero attached hydrogens (tertiary/aromatic N) is 1. The summed E-state index contributed by atoms with van der Waals surface area (Å²) in [5.41, 5.74) is 4.90. The average Bonchev–Trinajstić information content (AvgIpc) is 3.30. The first-order chi connectivity index (χ1) is 16.8. The van der Waals surface area contributed by atoms with Crippen molar-refractivity contribution in [2.45, 2.75) is 37.5 Å². The first-order valence-electron chi connectivity index (χ1n) is 11.9. The van der Waals surface area contributed by atoms with Crippen LogP contribution in [0.25, 0.3) is 10.9 Å². The molecular formula is C28H29N3O3S. The Hall–Kier alpha value is -3.58. The summed E-state index contributed by atoms with van der Waals surface area (Å²) in [4.78, 5) is 18.8. The lowest BCUT2D eigenvalue weighted by atomic mass is 9.93. The molecule has 1 aliphatic heterocycles. The van der Waals surface area contributed by atoms with Crippen LogP contribution in [0.4, 0.5) is 5.69 Å². The van der Waals surface area contributed by atoms with Crippen LogP contribution in [-0.2, 0) is 10.0 Å². The summed E-state index contributed by atoms with van der Waals surface area (Å²) in [5, 5.41) is 1.20. The molecule has 1 amide bonds. The minimum atomic E-state index is -3.82. The van der Waals surface area contributed by atoms with Crippen molar-refractivity contribution in [3.05, 3.63) is 95.2 Å². The molecule has 6 nitrogen and oxygen atoms in total. The zero-order valence-corrected chi connectivity index (χ0v) is 20.7. The monoisotopic (exact) mass is 487 g/mol. The highest BCUT2D eigenvalue weighted by Gasteiger charge is 2.27. The molecule has 35 heavy (non-hydrogen) atoms. The molecule has 0 radical (unpaired) electrons. The zero-order chi connectivity index (χ0) is 24.6. The molecule has 2 heterocycles. The molecule has 0 unspecified atom stereocenters. The van der Waals surface area contributed by atoms with E-state index in [1.165, 1.54) is 17.1 Å². The maximum atomic E-state index is 13.4. The van der Waals surface area contributed by atoms with Crippen LogP contribution in [0.1, 0.15) is 45.9 Å². The Bertz CT molecular complexity index is 1470. The first-order valence-corrected chi connectivity index (χ1v) is 13.4. The van der Waals surface area contributed by atoms with Gasteiger partial charge in [0.05, 0.1) is 10.6 Å². The number of nitrogens with one attached hydrogen (secondary N) is 2. The average molecular weight is 488 g/mol. The normalized spacial score (nSPS) is 14.9. The van der Waals surface area contributed by atoms with Gasteiger partial charge in [-0.1, -0.05) is 42.5 Å². The van der Waals surface area contributed by atoms with Gasteiger partial charge in [0.25, 0.3) is 15.9 Å². The number of sulfonamides is 1. The van der Waals surface area contributed by atoms with Crippen molar-refractivity contribution >= 4 is 32.5 Å². The summed E-state index contributed by atoms with van der Waals surface area (Å²) >= 11 is 0. The molecule has 0 atom stereocenters. The third kappa shape index (κ3) is 4.68. The third-order valence-electron chi connectivity index (χ3n) is 6.91. The van der Waals surface area contributed by atoms with E-state index in [0.717, 1.165) is 29.5 Å². The fourth-order valence-corrected chi connectivity index (χ4v) is 5.93. The molecule has 0 saturated carbocycles. The van der Waals surface area contributed by atoms with Crippen LogP contribution < -0.4 is 4.72 Å². The molecule has 3 aromatic carbocycles. The van der Waals surface area contributed by atoms with E-state index in [4.69, 9.17) is 0 Å². The van der Waals surface area contributed by atoms with Crippen LogP contribution in [0.5, 0.6) is 0 Å². The van der Waals surface area contributed by atoms with Gasteiger partial charge in [-0.25, -0.2) is 8.42 Å². The molecule has 180 valence electrons. The minimum absolute atomic E-state index is 0.0858. The predicted octanol–water partition coefficient (Wildman–Crippen LogP) is 5.61. The van der Waals surface area contributed by atoms with Crippen molar-refractivity contribution in [2.75, 3.05) is 17.8 Å². The molecule has 1 aromatic heterocycles. The second-order valence-corrected chi connectivity index (χ2v) is 11.0. The maximum absolute atomic E-state index is 13.4. The van der Waals surface area contributed by atoms with Crippen LogP contribution in [0.2, 0.25) is 0 Å². The Kier molecular flexibility index (Phi) is 6.11. The number of anilines is 1. The van der Waals surface area contributed by atoms with Crippen LogP contribution in [0, 0.1) is 13.8 Å². The second kappa shape index (κ2) is 9.23.